The van der Waals surface area contributed by atoms with Gasteiger partial charge in [-0.25, -0.2) is 9.97 Å². The smallest absolute Gasteiger partial charge is 0.368 e. The van der Waals surface area contributed by atoms with Crippen molar-refractivity contribution in [3.05, 3.63) is 45.6 Å². The Morgan fingerprint density at radius 2 is 1.95 bits per heavy atom. The SMILES string of the molecule is Cc1nc(N)nc(-c2cccc(C(F)(F)F)c2)c1[N+](=O)[O-]. The number of hydrogen-bond donors (Lipinski definition) is 1. The van der Waals surface area contributed by atoms with Gasteiger partial charge in [-0.05, 0) is 19.1 Å². The number of nitrogens with zero attached hydrogens (tertiary/aromatic N) is 3. The van der Waals surface area contributed by atoms with Gasteiger partial charge >= 0.3 is 11.9 Å². The van der Waals surface area contributed by atoms with Crippen LogP contribution in [0.4, 0.5) is 24.8 Å². The van der Waals surface area contributed by atoms with Crippen molar-refractivity contribution >= 4 is 11.6 Å². The molecule has 0 aliphatic rings. The third kappa shape index (κ3) is 2.91. The molecule has 0 saturated heterocycles. The molecular formula is C12H9F3N4O2. The molecule has 1 heterocycles. The molecule has 2 N–H and O–H groups in total. The first kappa shape index (κ1) is 14.7. The van der Waals surface area contributed by atoms with Crippen LogP contribution in [0.2, 0.25) is 0 Å². The minimum atomic E-state index is -4.56. The fourth-order valence-electron chi connectivity index (χ4n) is 1.85. The van der Waals surface area contributed by atoms with E-state index in [2.05, 4.69) is 9.97 Å². The number of benzene rings is 1. The number of alkyl halides is 3. The molecule has 6 nitrogen and oxygen atoms in total. The van der Waals surface area contributed by atoms with Crippen molar-refractivity contribution in [3.63, 3.8) is 0 Å². The summed E-state index contributed by atoms with van der Waals surface area (Å²) < 4.78 is 38.1. The van der Waals surface area contributed by atoms with Crippen molar-refractivity contribution in [2.24, 2.45) is 0 Å². The second-order valence-corrected chi connectivity index (χ2v) is 4.20. The van der Waals surface area contributed by atoms with Gasteiger partial charge in [-0.3, -0.25) is 10.1 Å². The first-order chi connectivity index (χ1) is 9.70. The van der Waals surface area contributed by atoms with Crippen LogP contribution in [0.5, 0.6) is 0 Å². The number of hydrogen-bond acceptors (Lipinski definition) is 5. The predicted octanol–water partition coefficient (Wildman–Crippen LogP) is 2.96. The summed E-state index contributed by atoms with van der Waals surface area (Å²) in [6.45, 7) is 1.34. The maximum absolute atomic E-state index is 12.7. The summed E-state index contributed by atoms with van der Waals surface area (Å²) in [6, 6.07) is 4.10. The Balaban J connectivity index is 2.70. The Bertz CT molecular complexity index is 716. The molecule has 0 amide bonds. The van der Waals surface area contributed by atoms with Gasteiger partial charge in [0.15, 0.2) is 5.69 Å². The third-order valence-corrected chi connectivity index (χ3v) is 2.72. The largest absolute Gasteiger partial charge is 0.416 e. The van der Waals surface area contributed by atoms with E-state index in [-0.39, 0.29) is 22.9 Å². The highest BCUT2D eigenvalue weighted by molar-refractivity contribution is 5.72. The van der Waals surface area contributed by atoms with E-state index in [1.807, 2.05) is 0 Å². The summed E-state index contributed by atoms with van der Waals surface area (Å²) in [5.41, 5.74) is 3.73. The van der Waals surface area contributed by atoms with Gasteiger partial charge in [-0.2, -0.15) is 13.2 Å². The summed E-state index contributed by atoms with van der Waals surface area (Å²) in [6.07, 6.45) is -4.56. The molecule has 110 valence electrons. The second-order valence-electron chi connectivity index (χ2n) is 4.20. The van der Waals surface area contributed by atoms with Gasteiger partial charge in [0.05, 0.1) is 10.5 Å². The average molecular weight is 298 g/mol. The lowest BCUT2D eigenvalue weighted by Gasteiger charge is -2.09. The second kappa shape index (κ2) is 5.00. The molecule has 0 saturated carbocycles. The van der Waals surface area contributed by atoms with Gasteiger partial charge in [-0.1, -0.05) is 12.1 Å². The van der Waals surface area contributed by atoms with E-state index in [1.54, 1.807) is 0 Å². The number of rotatable bonds is 2. The number of anilines is 1. The summed E-state index contributed by atoms with van der Waals surface area (Å²) in [5.74, 6) is -0.245. The lowest BCUT2D eigenvalue weighted by Crippen LogP contribution is -2.07. The molecule has 0 bridgehead atoms. The lowest BCUT2D eigenvalue weighted by atomic mass is 10.1. The molecule has 0 aliphatic heterocycles. The fraction of sp³-hybridized carbons (Fsp3) is 0.167. The van der Waals surface area contributed by atoms with Crippen molar-refractivity contribution in [1.82, 2.24) is 9.97 Å². The van der Waals surface area contributed by atoms with Crippen LogP contribution in [0.1, 0.15) is 11.3 Å². The molecule has 0 radical (unpaired) electrons. The lowest BCUT2D eigenvalue weighted by molar-refractivity contribution is -0.385. The molecule has 0 aliphatic carbocycles. The van der Waals surface area contributed by atoms with Gasteiger partial charge in [-0.15, -0.1) is 0 Å². The van der Waals surface area contributed by atoms with Crippen LogP contribution in [-0.2, 0) is 6.18 Å². The van der Waals surface area contributed by atoms with Crippen LogP contribution in [-0.4, -0.2) is 14.9 Å². The maximum atomic E-state index is 12.7. The van der Waals surface area contributed by atoms with Crippen molar-refractivity contribution in [2.45, 2.75) is 13.1 Å². The summed E-state index contributed by atoms with van der Waals surface area (Å²) in [5, 5.41) is 11.1. The molecular weight excluding hydrogens is 289 g/mol. The molecule has 9 heteroatoms. The molecule has 0 unspecified atom stereocenters. The van der Waals surface area contributed by atoms with Crippen molar-refractivity contribution in [1.29, 1.82) is 0 Å². The zero-order chi connectivity index (χ0) is 15.8. The Labute approximate surface area is 116 Å². The Morgan fingerprint density at radius 3 is 2.52 bits per heavy atom. The summed E-state index contributed by atoms with van der Waals surface area (Å²) in [4.78, 5) is 17.7. The van der Waals surface area contributed by atoms with Gasteiger partial charge < -0.3 is 5.73 Å². The van der Waals surface area contributed by atoms with Crippen LogP contribution >= 0.6 is 0 Å². The van der Waals surface area contributed by atoms with E-state index < -0.39 is 22.4 Å². The van der Waals surface area contributed by atoms with E-state index in [0.29, 0.717) is 0 Å². The highest BCUT2D eigenvalue weighted by atomic mass is 19.4. The van der Waals surface area contributed by atoms with Crippen molar-refractivity contribution in [3.8, 4) is 11.3 Å². The molecule has 0 atom stereocenters. The molecule has 0 fully saturated rings. The number of nitrogen functional groups attached to an aromatic ring is 1. The van der Waals surface area contributed by atoms with E-state index in [0.717, 1.165) is 18.2 Å². The summed E-state index contributed by atoms with van der Waals surface area (Å²) >= 11 is 0. The van der Waals surface area contributed by atoms with Gasteiger partial charge in [0, 0.05) is 5.56 Å². The number of nitrogens with two attached hydrogens (primary N) is 1. The monoisotopic (exact) mass is 298 g/mol. The normalized spacial score (nSPS) is 11.4. The van der Waals surface area contributed by atoms with Gasteiger partial charge in [0.2, 0.25) is 5.95 Å². The van der Waals surface area contributed by atoms with Crippen molar-refractivity contribution in [2.75, 3.05) is 5.73 Å². The van der Waals surface area contributed by atoms with Crippen molar-refractivity contribution < 1.29 is 18.1 Å². The van der Waals surface area contributed by atoms with E-state index in [9.17, 15) is 23.3 Å². The Hall–Kier alpha value is -2.71. The zero-order valence-corrected chi connectivity index (χ0v) is 10.7. The van der Waals surface area contributed by atoms with E-state index >= 15 is 0 Å². The van der Waals surface area contributed by atoms with E-state index in [1.165, 1.54) is 13.0 Å². The maximum Gasteiger partial charge on any atom is 0.416 e. The van der Waals surface area contributed by atoms with Gasteiger partial charge in [0.1, 0.15) is 5.69 Å². The molecule has 2 rings (SSSR count). The van der Waals surface area contributed by atoms with Crippen LogP contribution in [0, 0.1) is 17.0 Å². The Morgan fingerprint density at radius 1 is 1.29 bits per heavy atom. The van der Waals surface area contributed by atoms with Crippen LogP contribution < -0.4 is 5.73 Å². The van der Waals surface area contributed by atoms with Crippen LogP contribution in [0.25, 0.3) is 11.3 Å². The average Bonchev–Trinajstić information content (AvgIpc) is 2.36. The summed E-state index contributed by atoms with van der Waals surface area (Å²) in [7, 11) is 0. The number of aryl methyl sites for hydroxylation is 1. The molecule has 1 aromatic carbocycles. The van der Waals surface area contributed by atoms with Gasteiger partial charge in [0.25, 0.3) is 0 Å². The minimum absolute atomic E-state index is 0.0140. The highest BCUT2D eigenvalue weighted by Gasteiger charge is 2.31. The quantitative estimate of drug-likeness (QED) is 0.679. The topological polar surface area (TPSA) is 94.9 Å². The Kier molecular flexibility index (Phi) is 3.50. The van der Waals surface area contributed by atoms with Crippen LogP contribution in [0.15, 0.2) is 24.3 Å². The number of halogens is 3. The molecule has 1 aromatic heterocycles. The number of nitro groups is 1. The molecule has 2 aromatic rings. The first-order valence-electron chi connectivity index (χ1n) is 5.66. The molecule has 21 heavy (non-hydrogen) atoms. The minimum Gasteiger partial charge on any atom is -0.368 e. The van der Waals surface area contributed by atoms with E-state index in [4.69, 9.17) is 5.73 Å². The third-order valence-electron chi connectivity index (χ3n) is 2.72. The highest BCUT2D eigenvalue weighted by Crippen LogP contribution is 2.35. The number of aromatic nitrogens is 2. The zero-order valence-electron chi connectivity index (χ0n) is 10.7. The van der Waals surface area contributed by atoms with Crippen LogP contribution in [0.3, 0.4) is 0 Å². The standard InChI is InChI=1S/C12H9F3N4O2/c1-6-10(19(20)21)9(18-11(16)17-6)7-3-2-4-8(5-7)12(13,14)15/h2-5H,1H3,(H2,16,17,18). The fourth-order valence-corrected chi connectivity index (χ4v) is 1.85. The predicted molar refractivity (Wildman–Crippen MR) is 68.3 cm³/mol. The molecule has 0 spiro atoms. The first-order valence-corrected chi connectivity index (χ1v) is 5.66.